The minimum atomic E-state index is 1.19. The summed E-state index contributed by atoms with van der Waals surface area (Å²) in [4.78, 5) is 9.10. The van der Waals surface area contributed by atoms with Crippen molar-refractivity contribution in [1.29, 1.82) is 0 Å². The van der Waals surface area contributed by atoms with E-state index in [0.717, 1.165) is 0 Å². The zero-order valence-corrected chi connectivity index (χ0v) is 33.4. The molecule has 0 aromatic carbocycles. The highest BCUT2D eigenvalue weighted by molar-refractivity contribution is 9.11. The molecule has 0 atom stereocenters. The molecule has 248 valence electrons. The number of aryl methyl sites for hydroxylation is 4. The van der Waals surface area contributed by atoms with Crippen molar-refractivity contribution >= 4 is 61.3 Å². The molecule has 0 N–H and O–H groups in total. The highest BCUT2D eigenvalue weighted by Gasteiger charge is 2.21. The Bertz CT molecular complexity index is 1380. The van der Waals surface area contributed by atoms with Gasteiger partial charge in [0.15, 0.2) is 0 Å². The van der Waals surface area contributed by atoms with E-state index in [4.69, 9.17) is 0 Å². The Labute approximate surface area is 300 Å². The molecular formula is C40H57BrS4. The van der Waals surface area contributed by atoms with Crippen LogP contribution < -0.4 is 0 Å². The quantitative estimate of drug-likeness (QED) is 0.0663. The minimum absolute atomic E-state index is 1.19. The van der Waals surface area contributed by atoms with Gasteiger partial charge in [-0.15, -0.1) is 45.3 Å². The number of thiophene rings is 4. The Kier molecular flexibility index (Phi) is 17.0. The van der Waals surface area contributed by atoms with Gasteiger partial charge in [0.05, 0.1) is 3.79 Å². The average molecular weight is 746 g/mol. The van der Waals surface area contributed by atoms with Gasteiger partial charge in [0, 0.05) is 29.3 Å². The minimum Gasteiger partial charge on any atom is -0.143 e. The molecule has 0 saturated heterocycles. The van der Waals surface area contributed by atoms with Crippen LogP contribution in [-0.4, -0.2) is 0 Å². The summed E-state index contributed by atoms with van der Waals surface area (Å²) in [6.07, 6.45) is 26.0. The van der Waals surface area contributed by atoms with Crippen molar-refractivity contribution in [3.05, 3.63) is 55.7 Å². The Morgan fingerprint density at radius 1 is 0.444 bits per heavy atom. The molecule has 0 aliphatic heterocycles. The van der Waals surface area contributed by atoms with Gasteiger partial charge in [-0.25, -0.2) is 0 Å². The number of rotatable bonds is 23. The molecule has 4 aromatic rings. The molecule has 4 aromatic heterocycles. The van der Waals surface area contributed by atoms with E-state index >= 15 is 0 Å². The Balaban J connectivity index is 1.67. The van der Waals surface area contributed by atoms with Crippen LogP contribution in [0.15, 0.2) is 33.4 Å². The maximum Gasteiger partial charge on any atom is 0.0737 e. The van der Waals surface area contributed by atoms with Crippen LogP contribution in [0.25, 0.3) is 29.3 Å². The van der Waals surface area contributed by atoms with Crippen LogP contribution in [0.1, 0.15) is 153 Å². The van der Waals surface area contributed by atoms with Crippen LogP contribution in [0.4, 0.5) is 0 Å². The van der Waals surface area contributed by atoms with Crippen LogP contribution in [0.3, 0.4) is 0 Å². The second kappa shape index (κ2) is 20.6. The van der Waals surface area contributed by atoms with E-state index < -0.39 is 0 Å². The molecule has 0 saturated carbocycles. The SMILES string of the molecule is CCCCCCc1cc(-c2sc(-c3sc(-c4sccc4CCCCCC)cc3CCCCCC)cc2CCCCCC)sc1Br. The summed E-state index contributed by atoms with van der Waals surface area (Å²) in [6.45, 7) is 9.25. The largest absolute Gasteiger partial charge is 0.143 e. The molecule has 0 aliphatic carbocycles. The summed E-state index contributed by atoms with van der Waals surface area (Å²) in [7, 11) is 0. The van der Waals surface area contributed by atoms with Gasteiger partial charge in [0.1, 0.15) is 0 Å². The van der Waals surface area contributed by atoms with E-state index in [1.165, 1.54) is 162 Å². The highest BCUT2D eigenvalue weighted by Crippen LogP contribution is 2.49. The molecular weight excluding hydrogens is 689 g/mol. The van der Waals surface area contributed by atoms with E-state index in [2.05, 4.69) is 95.9 Å². The van der Waals surface area contributed by atoms with Crippen molar-refractivity contribution in [3.63, 3.8) is 0 Å². The Morgan fingerprint density at radius 3 is 1.33 bits per heavy atom. The number of hydrogen-bond acceptors (Lipinski definition) is 4. The standard InChI is InChI=1S/C40H57BrS4/c1-5-9-13-17-21-30-25-26-42-37(30)34-27-31(22-18-14-10-6-2)38(43-34)35-28-32(23-19-15-11-7-3)39(44-35)36-29-33(40(41)45-36)24-20-16-12-8-4/h25-29H,5-24H2,1-4H3. The van der Waals surface area contributed by atoms with Gasteiger partial charge < -0.3 is 0 Å². The smallest absolute Gasteiger partial charge is 0.0737 e. The molecule has 0 radical (unpaired) electrons. The lowest BCUT2D eigenvalue weighted by atomic mass is 10.0. The summed E-state index contributed by atoms with van der Waals surface area (Å²) in [5.41, 5.74) is 6.25. The second-order valence-electron chi connectivity index (χ2n) is 12.9. The van der Waals surface area contributed by atoms with Gasteiger partial charge in [0.2, 0.25) is 0 Å². The van der Waals surface area contributed by atoms with Gasteiger partial charge in [-0.05, 0) is 119 Å². The van der Waals surface area contributed by atoms with E-state index in [1.807, 2.05) is 22.7 Å². The summed E-state index contributed by atoms with van der Waals surface area (Å²) < 4.78 is 1.35. The first-order valence-corrected chi connectivity index (χ1v) is 22.3. The van der Waals surface area contributed by atoms with Crippen molar-refractivity contribution in [2.24, 2.45) is 0 Å². The fourth-order valence-corrected chi connectivity index (χ4v) is 11.8. The lowest BCUT2D eigenvalue weighted by molar-refractivity contribution is 0.667. The second-order valence-corrected chi connectivity index (χ2v) is 18.2. The molecule has 0 spiro atoms. The fourth-order valence-electron chi connectivity index (χ4n) is 6.28. The molecule has 5 heteroatoms. The van der Waals surface area contributed by atoms with E-state index in [0.29, 0.717) is 0 Å². The van der Waals surface area contributed by atoms with Crippen molar-refractivity contribution in [3.8, 4) is 29.3 Å². The predicted molar refractivity (Wildman–Crippen MR) is 213 cm³/mol. The molecule has 45 heavy (non-hydrogen) atoms. The van der Waals surface area contributed by atoms with Crippen LogP contribution in [0.2, 0.25) is 0 Å². The van der Waals surface area contributed by atoms with Gasteiger partial charge in [-0.3, -0.25) is 0 Å². The normalized spacial score (nSPS) is 11.7. The third-order valence-electron chi connectivity index (χ3n) is 8.99. The predicted octanol–water partition coefficient (Wildman–Crippen LogP) is 16.2. The summed E-state index contributed by atoms with van der Waals surface area (Å²) in [5.74, 6) is 0. The first-order chi connectivity index (χ1) is 22.1. The van der Waals surface area contributed by atoms with Crippen LogP contribution in [-0.2, 0) is 25.7 Å². The van der Waals surface area contributed by atoms with E-state index in [9.17, 15) is 0 Å². The molecule has 0 bridgehead atoms. The summed E-state index contributed by atoms with van der Waals surface area (Å²) in [5, 5.41) is 2.33. The average Bonchev–Trinajstić information content (AvgIpc) is 3.84. The maximum atomic E-state index is 3.97. The maximum absolute atomic E-state index is 3.97. The van der Waals surface area contributed by atoms with Crippen LogP contribution >= 0.6 is 61.3 Å². The van der Waals surface area contributed by atoms with Gasteiger partial charge in [-0.2, -0.15) is 0 Å². The first kappa shape index (κ1) is 37.1. The first-order valence-electron chi connectivity index (χ1n) is 18.2. The van der Waals surface area contributed by atoms with Crippen molar-refractivity contribution in [2.45, 2.75) is 156 Å². The zero-order chi connectivity index (χ0) is 31.9. The number of halogens is 1. The number of unbranched alkanes of at least 4 members (excludes halogenated alkanes) is 12. The third kappa shape index (κ3) is 11.2. The summed E-state index contributed by atoms with van der Waals surface area (Å²) in [6, 6.07) is 10.1. The third-order valence-corrected chi connectivity index (χ3v) is 14.8. The zero-order valence-electron chi connectivity index (χ0n) is 28.5. The van der Waals surface area contributed by atoms with Crippen molar-refractivity contribution < 1.29 is 0 Å². The highest BCUT2D eigenvalue weighted by atomic mass is 79.9. The molecule has 0 aliphatic rings. The molecule has 4 rings (SSSR count). The van der Waals surface area contributed by atoms with Gasteiger partial charge >= 0.3 is 0 Å². The lowest BCUT2D eigenvalue weighted by Gasteiger charge is -2.02. The lowest BCUT2D eigenvalue weighted by Crippen LogP contribution is -1.87. The monoisotopic (exact) mass is 744 g/mol. The number of hydrogen-bond donors (Lipinski definition) is 0. The topological polar surface area (TPSA) is 0 Å². The Morgan fingerprint density at radius 2 is 0.844 bits per heavy atom. The van der Waals surface area contributed by atoms with E-state index in [-0.39, 0.29) is 0 Å². The molecule has 0 unspecified atom stereocenters. The molecule has 4 heterocycles. The van der Waals surface area contributed by atoms with E-state index in [1.54, 1.807) is 21.6 Å². The Hall–Kier alpha value is -0.720. The molecule has 0 fully saturated rings. The van der Waals surface area contributed by atoms with Crippen LogP contribution in [0, 0.1) is 0 Å². The van der Waals surface area contributed by atoms with Gasteiger partial charge in [-0.1, -0.05) is 105 Å². The molecule has 0 amide bonds. The summed E-state index contributed by atoms with van der Waals surface area (Å²) >= 11 is 12.1. The van der Waals surface area contributed by atoms with Crippen molar-refractivity contribution in [2.75, 3.05) is 0 Å². The van der Waals surface area contributed by atoms with Crippen LogP contribution in [0.5, 0.6) is 0 Å². The fraction of sp³-hybridized carbons (Fsp3) is 0.600. The van der Waals surface area contributed by atoms with Gasteiger partial charge in [0.25, 0.3) is 0 Å². The molecule has 0 nitrogen and oxygen atoms in total. The van der Waals surface area contributed by atoms with Crippen molar-refractivity contribution in [1.82, 2.24) is 0 Å².